The molecule has 2 heterocycles. The molecule has 4 nitrogen and oxygen atoms in total. The zero-order valence-corrected chi connectivity index (χ0v) is 12.7. The third-order valence-electron chi connectivity index (χ3n) is 2.56. The minimum Gasteiger partial charge on any atom is -0.368 e. The standard InChI is InChI=1S/C12H9Cl3F2N4/c13-6-3-7(14)8(19-4-6)1-2-18-12-9(15)10(11(16)17)20-5-21-12/h3-5,11H,1-2H2,(H,18,20,21). The van der Waals surface area contributed by atoms with Gasteiger partial charge >= 0.3 is 0 Å². The van der Waals surface area contributed by atoms with Crippen molar-refractivity contribution in [3.8, 4) is 0 Å². The van der Waals surface area contributed by atoms with Gasteiger partial charge in [0.2, 0.25) is 0 Å². The summed E-state index contributed by atoms with van der Waals surface area (Å²) < 4.78 is 25.3. The summed E-state index contributed by atoms with van der Waals surface area (Å²) in [5.41, 5.74) is 0.129. The van der Waals surface area contributed by atoms with Crippen LogP contribution in [0.5, 0.6) is 0 Å². The number of nitrogens with zero attached hydrogens (tertiary/aromatic N) is 3. The Hall–Kier alpha value is -1.24. The van der Waals surface area contributed by atoms with Gasteiger partial charge in [-0.3, -0.25) is 4.98 Å². The third-order valence-corrected chi connectivity index (χ3v) is 3.47. The number of hydrogen-bond donors (Lipinski definition) is 1. The van der Waals surface area contributed by atoms with Crippen LogP contribution < -0.4 is 5.32 Å². The van der Waals surface area contributed by atoms with Gasteiger partial charge in [-0.15, -0.1) is 0 Å². The summed E-state index contributed by atoms with van der Waals surface area (Å²) in [7, 11) is 0. The van der Waals surface area contributed by atoms with Gasteiger partial charge in [-0.2, -0.15) is 0 Å². The number of hydrogen-bond acceptors (Lipinski definition) is 4. The Morgan fingerprint density at radius 1 is 1.14 bits per heavy atom. The van der Waals surface area contributed by atoms with Crippen molar-refractivity contribution in [1.82, 2.24) is 15.0 Å². The molecule has 2 aromatic rings. The van der Waals surface area contributed by atoms with Crippen LogP contribution in [0, 0.1) is 0 Å². The van der Waals surface area contributed by atoms with Gasteiger partial charge in [-0.1, -0.05) is 34.8 Å². The van der Waals surface area contributed by atoms with Crippen molar-refractivity contribution in [3.63, 3.8) is 0 Å². The zero-order chi connectivity index (χ0) is 15.4. The van der Waals surface area contributed by atoms with E-state index in [0.717, 1.165) is 6.33 Å². The molecule has 0 aliphatic heterocycles. The topological polar surface area (TPSA) is 50.7 Å². The minimum atomic E-state index is -2.76. The maximum absolute atomic E-state index is 12.6. The molecule has 0 aromatic carbocycles. The molecule has 0 saturated carbocycles. The van der Waals surface area contributed by atoms with Gasteiger partial charge in [0.15, 0.2) is 0 Å². The van der Waals surface area contributed by atoms with Gasteiger partial charge < -0.3 is 5.32 Å². The molecule has 9 heteroatoms. The predicted molar refractivity (Wildman–Crippen MR) is 78.4 cm³/mol. The molecule has 21 heavy (non-hydrogen) atoms. The molecule has 0 atom stereocenters. The molecule has 112 valence electrons. The first-order chi connectivity index (χ1) is 9.99. The highest BCUT2D eigenvalue weighted by molar-refractivity contribution is 6.34. The Balaban J connectivity index is 2.02. The molecular formula is C12H9Cl3F2N4. The van der Waals surface area contributed by atoms with Gasteiger partial charge in [-0.25, -0.2) is 18.7 Å². The fraction of sp³-hybridized carbons (Fsp3) is 0.250. The normalized spacial score (nSPS) is 11.0. The first kappa shape index (κ1) is 16.1. The summed E-state index contributed by atoms with van der Waals surface area (Å²) in [5, 5.41) is 3.54. The molecule has 0 aliphatic rings. The number of pyridine rings is 1. The second-order valence-electron chi connectivity index (χ2n) is 3.98. The second kappa shape index (κ2) is 7.15. The quantitative estimate of drug-likeness (QED) is 0.864. The van der Waals surface area contributed by atoms with Gasteiger partial charge in [0.1, 0.15) is 22.9 Å². The number of alkyl halides is 2. The van der Waals surface area contributed by atoms with Crippen LogP contribution >= 0.6 is 34.8 Å². The van der Waals surface area contributed by atoms with Crippen LogP contribution in [0.3, 0.4) is 0 Å². The van der Waals surface area contributed by atoms with Crippen molar-refractivity contribution in [2.24, 2.45) is 0 Å². The van der Waals surface area contributed by atoms with E-state index in [-0.39, 0.29) is 10.8 Å². The summed E-state index contributed by atoms with van der Waals surface area (Å²) >= 11 is 17.5. The van der Waals surface area contributed by atoms with E-state index in [9.17, 15) is 8.78 Å². The van der Waals surface area contributed by atoms with Crippen molar-refractivity contribution in [1.29, 1.82) is 0 Å². The highest BCUT2D eigenvalue weighted by atomic mass is 35.5. The molecule has 2 aromatic heterocycles. The Morgan fingerprint density at radius 2 is 1.90 bits per heavy atom. The lowest BCUT2D eigenvalue weighted by molar-refractivity contribution is 0.146. The highest BCUT2D eigenvalue weighted by Gasteiger charge is 2.17. The van der Waals surface area contributed by atoms with Crippen molar-refractivity contribution in [2.75, 3.05) is 11.9 Å². The number of anilines is 1. The van der Waals surface area contributed by atoms with E-state index >= 15 is 0 Å². The summed E-state index contributed by atoms with van der Waals surface area (Å²) in [6.07, 6.45) is 0.215. The highest BCUT2D eigenvalue weighted by Crippen LogP contribution is 2.29. The second-order valence-corrected chi connectivity index (χ2v) is 5.20. The maximum Gasteiger partial charge on any atom is 0.282 e. The van der Waals surface area contributed by atoms with Crippen molar-refractivity contribution < 1.29 is 8.78 Å². The first-order valence-corrected chi connectivity index (χ1v) is 6.94. The molecule has 0 aliphatic carbocycles. The number of nitrogens with one attached hydrogen (secondary N) is 1. The maximum atomic E-state index is 12.6. The molecule has 2 rings (SSSR count). The van der Waals surface area contributed by atoms with E-state index in [0.29, 0.717) is 28.7 Å². The van der Waals surface area contributed by atoms with E-state index in [1.54, 1.807) is 6.07 Å². The fourth-order valence-electron chi connectivity index (χ4n) is 1.58. The molecule has 1 N–H and O–H groups in total. The Labute approximate surface area is 134 Å². The molecular weight excluding hydrogens is 345 g/mol. The number of aromatic nitrogens is 3. The van der Waals surface area contributed by atoms with Crippen LogP contribution in [0.2, 0.25) is 15.1 Å². The van der Waals surface area contributed by atoms with E-state index in [4.69, 9.17) is 34.8 Å². The molecule has 0 fully saturated rings. The Kier molecular flexibility index (Phi) is 5.50. The van der Waals surface area contributed by atoms with E-state index < -0.39 is 12.1 Å². The lowest BCUT2D eigenvalue weighted by Crippen LogP contribution is -2.09. The minimum absolute atomic E-state index is 0.145. The third kappa shape index (κ3) is 4.12. The Bertz CT molecular complexity index is 640. The zero-order valence-electron chi connectivity index (χ0n) is 10.5. The van der Waals surface area contributed by atoms with Crippen molar-refractivity contribution >= 4 is 40.6 Å². The fourth-order valence-corrected chi connectivity index (χ4v) is 2.31. The Morgan fingerprint density at radius 3 is 2.57 bits per heavy atom. The monoisotopic (exact) mass is 352 g/mol. The van der Waals surface area contributed by atoms with E-state index in [2.05, 4.69) is 20.3 Å². The summed E-state index contributed by atoms with van der Waals surface area (Å²) in [6, 6.07) is 1.58. The smallest absolute Gasteiger partial charge is 0.282 e. The summed E-state index contributed by atoms with van der Waals surface area (Å²) in [6.45, 7) is 0.369. The van der Waals surface area contributed by atoms with Crippen LogP contribution in [-0.4, -0.2) is 21.5 Å². The first-order valence-electron chi connectivity index (χ1n) is 5.81. The molecule has 0 unspecified atom stereocenters. The largest absolute Gasteiger partial charge is 0.368 e. The van der Waals surface area contributed by atoms with Crippen LogP contribution in [0.4, 0.5) is 14.6 Å². The van der Waals surface area contributed by atoms with E-state index in [1.807, 2.05) is 0 Å². The predicted octanol–water partition coefficient (Wildman–Crippen LogP) is 4.42. The summed E-state index contributed by atoms with van der Waals surface area (Å²) in [4.78, 5) is 11.4. The van der Waals surface area contributed by atoms with Crippen molar-refractivity contribution in [2.45, 2.75) is 12.8 Å². The van der Waals surface area contributed by atoms with E-state index in [1.165, 1.54) is 6.20 Å². The lowest BCUT2D eigenvalue weighted by atomic mass is 10.2. The molecule has 0 bridgehead atoms. The van der Waals surface area contributed by atoms with Crippen LogP contribution in [0.15, 0.2) is 18.6 Å². The number of rotatable bonds is 5. The van der Waals surface area contributed by atoms with Crippen molar-refractivity contribution in [3.05, 3.63) is 45.0 Å². The van der Waals surface area contributed by atoms with Crippen LogP contribution in [0.1, 0.15) is 17.8 Å². The number of halogens is 5. The van der Waals surface area contributed by atoms with Gasteiger partial charge in [0, 0.05) is 19.2 Å². The molecule has 0 amide bonds. The van der Waals surface area contributed by atoms with Crippen LogP contribution in [0.25, 0.3) is 0 Å². The molecule has 0 saturated heterocycles. The molecule has 0 radical (unpaired) electrons. The molecule has 0 spiro atoms. The SMILES string of the molecule is FC(F)c1ncnc(NCCc2ncc(Cl)cc2Cl)c1Cl. The van der Waals surface area contributed by atoms with Gasteiger partial charge in [-0.05, 0) is 6.07 Å². The van der Waals surface area contributed by atoms with Gasteiger partial charge in [0.05, 0.1) is 15.7 Å². The van der Waals surface area contributed by atoms with Gasteiger partial charge in [0.25, 0.3) is 6.43 Å². The van der Waals surface area contributed by atoms with Crippen LogP contribution in [-0.2, 0) is 6.42 Å². The average molecular weight is 354 g/mol. The average Bonchev–Trinajstić information content (AvgIpc) is 2.42. The summed E-state index contributed by atoms with van der Waals surface area (Å²) in [5.74, 6) is 0.145. The lowest BCUT2D eigenvalue weighted by Gasteiger charge is -2.10.